The Bertz CT molecular complexity index is 1200. The van der Waals surface area contributed by atoms with Gasteiger partial charge in [0, 0.05) is 55.4 Å². The highest BCUT2D eigenvalue weighted by molar-refractivity contribution is 5.70. The first kappa shape index (κ1) is 38.8. The molecule has 264 valence electrons. The lowest BCUT2D eigenvalue weighted by Gasteiger charge is -2.46. The fourth-order valence-electron chi connectivity index (χ4n) is 4.76. The van der Waals surface area contributed by atoms with Gasteiger partial charge in [-0.15, -0.1) is 0 Å². The molecule has 2 aliphatic heterocycles. The zero-order chi connectivity index (χ0) is 35.6. The molecule has 2 fully saturated rings. The molecule has 10 atom stereocenters. The summed E-state index contributed by atoms with van der Waals surface area (Å²) in [5.74, 6) is -6.93. The number of rotatable bonds is 12. The van der Waals surface area contributed by atoms with Gasteiger partial charge in [-0.1, -0.05) is 0 Å². The van der Waals surface area contributed by atoms with Crippen LogP contribution in [0.4, 0.5) is 0 Å². The highest BCUT2D eigenvalue weighted by Crippen LogP contribution is 2.33. The van der Waals surface area contributed by atoms with E-state index in [9.17, 15) is 38.4 Å². The van der Waals surface area contributed by atoms with Crippen molar-refractivity contribution < 1.29 is 90.5 Å². The molecule has 2 heterocycles. The zero-order valence-corrected chi connectivity index (χ0v) is 26.9. The standard InChI is InChI=1S/C28H38O19/c1-11(29)37-9-19-21(39-12(2)30)23(41-14(4)32)25(43-16(6)34)27(46-19)38-10-20-22(40-13(3)31)24(42-15(5)33)26(44-17(7)35)28(47-20)45-18(8)36/h19-28H,9-10H2,1-8H3/t19-,20-,21+,22+,23+,24+,25-,26-,27-,28+/m1/s1. The number of esters is 8. The minimum absolute atomic E-state index is 0.541. The Kier molecular flexibility index (Phi) is 14.5. The van der Waals surface area contributed by atoms with Crippen LogP contribution in [0.5, 0.6) is 0 Å². The van der Waals surface area contributed by atoms with Gasteiger partial charge in [0.05, 0.1) is 6.61 Å². The molecule has 47 heavy (non-hydrogen) atoms. The minimum atomic E-state index is -1.71. The van der Waals surface area contributed by atoms with Gasteiger partial charge >= 0.3 is 47.8 Å². The Morgan fingerprint density at radius 1 is 0.383 bits per heavy atom. The van der Waals surface area contributed by atoms with Crippen molar-refractivity contribution in [3.8, 4) is 0 Å². The van der Waals surface area contributed by atoms with E-state index < -0.39 is 122 Å². The lowest BCUT2D eigenvalue weighted by atomic mass is 9.97. The van der Waals surface area contributed by atoms with Gasteiger partial charge in [-0.3, -0.25) is 38.4 Å². The van der Waals surface area contributed by atoms with E-state index in [-0.39, 0.29) is 0 Å². The SMILES string of the molecule is CC(=O)OC[C@H]1O[C@@H](OC[C@H]2O[C@H](OC(C)=O)[C@H](OC(C)=O)[C@@H](OC(C)=O)[C@H]2OC(C)=O)[C@H](OC(C)=O)[C@@H](OC(C)=O)[C@H]1OC(C)=O. The normalized spacial score (nSPS) is 30.0. The highest BCUT2D eigenvalue weighted by atomic mass is 16.8. The molecular formula is C28H38O19. The monoisotopic (exact) mass is 678 g/mol. The summed E-state index contributed by atoms with van der Waals surface area (Å²) in [7, 11) is 0. The van der Waals surface area contributed by atoms with E-state index in [2.05, 4.69) is 0 Å². The van der Waals surface area contributed by atoms with Crippen molar-refractivity contribution in [2.75, 3.05) is 13.2 Å². The molecule has 19 heteroatoms. The van der Waals surface area contributed by atoms with Gasteiger partial charge in [0.2, 0.25) is 12.4 Å². The second-order valence-corrected chi connectivity index (χ2v) is 10.3. The van der Waals surface area contributed by atoms with Crippen LogP contribution in [0.1, 0.15) is 55.4 Å². The van der Waals surface area contributed by atoms with Crippen LogP contribution in [-0.4, -0.2) is 122 Å². The Labute approximate surface area is 268 Å². The Hall–Kier alpha value is -4.36. The van der Waals surface area contributed by atoms with Crippen molar-refractivity contribution in [3.63, 3.8) is 0 Å². The van der Waals surface area contributed by atoms with Crippen molar-refractivity contribution >= 4 is 47.8 Å². The topological polar surface area (TPSA) is 238 Å². The van der Waals surface area contributed by atoms with Crippen LogP contribution in [-0.2, 0) is 90.5 Å². The van der Waals surface area contributed by atoms with Gasteiger partial charge in [0.1, 0.15) is 18.8 Å². The molecule has 0 aromatic rings. The van der Waals surface area contributed by atoms with Gasteiger partial charge < -0.3 is 52.1 Å². The van der Waals surface area contributed by atoms with Crippen LogP contribution in [0.2, 0.25) is 0 Å². The lowest BCUT2D eigenvalue weighted by Crippen LogP contribution is -2.65. The Morgan fingerprint density at radius 2 is 0.702 bits per heavy atom. The van der Waals surface area contributed by atoms with Crippen molar-refractivity contribution in [1.82, 2.24) is 0 Å². The molecule has 2 saturated heterocycles. The van der Waals surface area contributed by atoms with Crippen molar-refractivity contribution in [1.29, 1.82) is 0 Å². The second kappa shape index (κ2) is 17.5. The van der Waals surface area contributed by atoms with Gasteiger partial charge in [0.25, 0.3) is 0 Å². The molecule has 0 amide bonds. The molecular weight excluding hydrogens is 640 g/mol. The molecule has 0 radical (unpaired) electrons. The molecule has 0 aliphatic carbocycles. The molecule has 0 saturated carbocycles. The third kappa shape index (κ3) is 12.1. The number of carbonyl (C=O) groups is 8. The van der Waals surface area contributed by atoms with E-state index in [1.807, 2.05) is 0 Å². The van der Waals surface area contributed by atoms with Crippen LogP contribution >= 0.6 is 0 Å². The largest absolute Gasteiger partial charge is 0.463 e. The molecule has 0 aromatic carbocycles. The van der Waals surface area contributed by atoms with E-state index in [1.54, 1.807) is 0 Å². The summed E-state index contributed by atoms with van der Waals surface area (Å²) in [6.07, 6.45) is -15.6. The van der Waals surface area contributed by atoms with E-state index in [0.717, 1.165) is 55.4 Å². The molecule has 2 aliphatic rings. The van der Waals surface area contributed by atoms with Crippen molar-refractivity contribution in [3.05, 3.63) is 0 Å². The molecule has 0 aromatic heterocycles. The van der Waals surface area contributed by atoms with Crippen LogP contribution in [0.25, 0.3) is 0 Å². The third-order valence-electron chi connectivity index (χ3n) is 6.15. The average molecular weight is 679 g/mol. The van der Waals surface area contributed by atoms with E-state index >= 15 is 0 Å². The predicted octanol–water partition coefficient (Wildman–Crippen LogP) is -0.831. The van der Waals surface area contributed by atoms with Crippen LogP contribution in [0, 0.1) is 0 Å². The van der Waals surface area contributed by atoms with Crippen molar-refractivity contribution in [2.24, 2.45) is 0 Å². The second-order valence-electron chi connectivity index (χ2n) is 10.3. The highest BCUT2D eigenvalue weighted by Gasteiger charge is 2.56. The van der Waals surface area contributed by atoms with E-state index in [1.165, 1.54) is 0 Å². The maximum Gasteiger partial charge on any atom is 0.305 e. The smallest absolute Gasteiger partial charge is 0.305 e. The molecule has 0 N–H and O–H groups in total. The van der Waals surface area contributed by atoms with Crippen LogP contribution < -0.4 is 0 Å². The summed E-state index contributed by atoms with van der Waals surface area (Å²) >= 11 is 0. The number of hydrogen-bond acceptors (Lipinski definition) is 19. The molecule has 0 bridgehead atoms. The summed E-state index contributed by atoms with van der Waals surface area (Å²) < 4.78 is 59.8. The van der Waals surface area contributed by atoms with Crippen LogP contribution in [0.3, 0.4) is 0 Å². The van der Waals surface area contributed by atoms with Gasteiger partial charge in [0.15, 0.2) is 36.8 Å². The summed E-state index contributed by atoms with van der Waals surface area (Å²) in [4.78, 5) is 95.9. The summed E-state index contributed by atoms with van der Waals surface area (Å²) in [6, 6.07) is 0. The molecule has 0 unspecified atom stereocenters. The summed E-state index contributed by atoms with van der Waals surface area (Å²) in [6.45, 7) is 7.09. The Morgan fingerprint density at radius 3 is 1.09 bits per heavy atom. The molecule has 0 spiro atoms. The van der Waals surface area contributed by atoms with E-state index in [0.29, 0.717) is 0 Å². The zero-order valence-electron chi connectivity index (χ0n) is 26.9. The quantitative estimate of drug-likeness (QED) is 0.181. The first-order valence-corrected chi connectivity index (χ1v) is 14.2. The molecule has 19 nitrogen and oxygen atoms in total. The summed E-state index contributed by atoms with van der Waals surface area (Å²) in [5, 5.41) is 0. The average Bonchev–Trinajstić information content (AvgIpc) is 2.91. The first-order chi connectivity index (χ1) is 21.9. The molecule has 2 rings (SSSR count). The lowest BCUT2D eigenvalue weighted by molar-refractivity contribution is -0.331. The van der Waals surface area contributed by atoms with Gasteiger partial charge in [-0.2, -0.15) is 0 Å². The van der Waals surface area contributed by atoms with E-state index in [4.69, 9.17) is 52.1 Å². The van der Waals surface area contributed by atoms with Gasteiger partial charge in [-0.25, -0.2) is 0 Å². The van der Waals surface area contributed by atoms with Gasteiger partial charge in [-0.05, 0) is 0 Å². The maximum absolute atomic E-state index is 12.1. The number of ether oxygens (including phenoxy) is 11. The first-order valence-electron chi connectivity index (χ1n) is 14.2. The maximum atomic E-state index is 12.1. The van der Waals surface area contributed by atoms with Crippen molar-refractivity contribution in [2.45, 2.75) is 117 Å². The number of hydrogen-bond donors (Lipinski definition) is 0. The van der Waals surface area contributed by atoms with Crippen LogP contribution in [0.15, 0.2) is 0 Å². The summed E-state index contributed by atoms with van der Waals surface area (Å²) in [5.41, 5.74) is 0. The third-order valence-corrected chi connectivity index (χ3v) is 6.15. The fourth-order valence-corrected chi connectivity index (χ4v) is 4.76. The number of carbonyl (C=O) groups excluding carboxylic acids is 8. The fraction of sp³-hybridized carbons (Fsp3) is 0.714. The minimum Gasteiger partial charge on any atom is -0.463 e. The predicted molar refractivity (Wildman–Crippen MR) is 145 cm³/mol. The Balaban J connectivity index is 2.56.